The molecule has 1 fully saturated rings. The van der Waals surface area contributed by atoms with Crippen molar-refractivity contribution in [2.45, 2.75) is 18.5 Å². The molecule has 1 aromatic rings. The van der Waals surface area contributed by atoms with E-state index < -0.39 is 0 Å². The molecule has 0 spiro atoms. The molecule has 1 amide bonds. The van der Waals surface area contributed by atoms with Gasteiger partial charge in [-0.2, -0.15) is 0 Å². The summed E-state index contributed by atoms with van der Waals surface area (Å²) in [5, 5.41) is 0. The molecule has 86 valence electrons. The van der Waals surface area contributed by atoms with Gasteiger partial charge < -0.3 is 4.90 Å². The average Bonchev–Trinajstić information content (AvgIpc) is 2.78. The van der Waals surface area contributed by atoms with Crippen LogP contribution in [0.5, 0.6) is 0 Å². The van der Waals surface area contributed by atoms with Crippen LogP contribution in [0.25, 0.3) is 0 Å². The van der Waals surface area contributed by atoms with Gasteiger partial charge in [0.25, 0.3) is 0 Å². The largest absolute Gasteiger partial charge is 0.347 e. The van der Waals surface area contributed by atoms with Crippen LogP contribution in [-0.2, 0) is 4.79 Å². The molecule has 0 aromatic heterocycles. The van der Waals surface area contributed by atoms with Gasteiger partial charge in [-0.1, -0.05) is 30.3 Å². The summed E-state index contributed by atoms with van der Waals surface area (Å²) in [6, 6.07) is 10.3. The molecule has 0 saturated carbocycles. The lowest BCUT2D eigenvalue weighted by Gasteiger charge is -2.15. The molecule has 1 aliphatic rings. The molecule has 1 saturated heterocycles. The van der Waals surface area contributed by atoms with E-state index in [1.807, 2.05) is 18.2 Å². The van der Waals surface area contributed by atoms with Gasteiger partial charge in [0.1, 0.15) is 6.04 Å². The van der Waals surface area contributed by atoms with Gasteiger partial charge in [-0.25, -0.2) is 10.9 Å². The normalized spacial score (nSPS) is 24.4. The Bertz CT molecular complexity index is 364. The summed E-state index contributed by atoms with van der Waals surface area (Å²) in [5.74, 6) is 0.117. The molecule has 0 radical (unpaired) electrons. The van der Waals surface area contributed by atoms with E-state index in [4.69, 9.17) is 0 Å². The highest BCUT2D eigenvalue weighted by molar-refractivity contribution is 5.81. The molecule has 0 aliphatic carbocycles. The van der Waals surface area contributed by atoms with Crippen LogP contribution >= 0.6 is 0 Å². The van der Waals surface area contributed by atoms with Crippen LogP contribution in [0.2, 0.25) is 0 Å². The van der Waals surface area contributed by atoms with E-state index in [1.54, 1.807) is 19.0 Å². The van der Waals surface area contributed by atoms with Crippen molar-refractivity contribution in [2.24, 2.45) is 0 Å². The van der Waals surface area contributed by atoms with Crippen molar-refractivity contribution in [3.63, 3.8) is 0 Å². The summed E-state index contributed by atoms with van der Waals surface area (Å²) in [5.41, 5.74) is 7.42. The lowest BCUT2D eigenvalue weighted by Crippen LogP contribution is -2.42. The van der Waals surface area contributed by atoms with Crippen molar-refractivity contribution in [3.8, 4) is 0 Å². The average molecular weight is 219 g/mol. The third-order valence-electron chi connectivity index (χ3n) is 2.84. The Morgan fingerprint density at radius 2 is 1.94 bits per heavy atom. The number of rotatable bonds is 2. The minimum absolute atomic E-state index is 0.117. The number of hydrogen-bond donors (Lipinski definition) is 2. The molecule has 1 aliphatic heterocycles. The van der Waals surface area contributed by atoms with Crippen LogP contribution in [0.4, 0.5) is 0 Å². The van der Waals surface area contributed by atoms with Gasteiger partial charge in [-0.05, 0) is 12.0 Å². The summed E-state index contributed by atoms with van der Waals surface area (Å²) >= 11 is 0. The number of hydrogen-bond acceptors (Lipinski definition) is 3. The van der Waals surface area contributed by atoms with Gasteiger partial charge in [0.15, 0.2) is 0 Å². The zero-order valence-corrected chi connectivity index (χ0v) is 9.60. The van der Waals surface area contributed by atoms with Crippen molar-refractivity contribution in [2.75, 3.05) is 14.1 Å². The zero-order chi connectivity index (χ0) is 11.5. The van der Waals surface area contributed by atoms with Gasteiger partial charge in [0.2, 0.25) is 5.91 Å². The summed E-state index contributed by atoms with van der Waals surface area (Å²) in [4.78, 5) is 13.4. The molecule has 0 bridgehead atoms. The Morgan fingerprint density at radius 3 is 2.56 bits per heavy atom. The monoisotopic (exact) mass is 219 g/mol. The maximum absolute atomic E-state index is 11.7. The second-order valence-corrected chi connectivity index (χ2v) is 4.27. The number of hydrazine groups is 1. The van der Waals surface area contributed by atoms with Crippen molar-refractivity contribution < 1.29 is 4.79 Å². The van der Waals surface area contributed by atoms with Gasteiger partial charge >= 0.3 is 0 Å². The fraction of sp³-hybridized carbons (Fsp3) is 0.417. The van der Waals surface area contributed by atoms with E-state index in [0.29, 0.717) is 0 Å². The van der Waals surface area contributed by atoms with Crippen LogP contribution < -0.4 is 10.9 Å². The molecular weight excluding hydrogens is 202 g/mol. The molecular formula is C12H17N3O. The first-order valence-electron chi connectivity index (χ1n) is 5.45. The fourth-order valence-corrected chi connectivity index (χ4v) is 1.93. The van der Waals surface area contributed by atoms with Gasteiger partial charge in [0, 0.05) is 20.1 Å². The van der Waals surface area contributed by atoms with Gasteiger partial charge in [0.05, 0.1) is 0 Å². The Labute approximate surface area is 95.6 Å². The number of amides is 1. The number of nitrogens with one attached hydrogen (secondary N) is 2. The third kappa shape index (κ3) is 2.23. The topological polar surface area (TPSA) is 44.4 Å². The SMILES string of the molecule is CN(C)C(=O)C1CC(c2ccccc2)NN1. The van der Waals surface area contributed by atoms with Crippen molar-refractivity contribution in [1.82, 2.24) is 15.8 Å². The van der Waals surface area contributed by atoms with Gasteiger partial charge in [-0.15, -0.1) is 0 Å². The second kappa shape index (κ2) is 4.63. The predicted octanol–water partition coefficient (Wildman–Crippen LogP) is 0.682. The lowest BCUT2D eigenvalue weighted by molar-refractivity contribution is -0.130. The van der Waals surface area contributed by atoms with Crippen LogP contribution in [0.1, 0.15) is 18.0 Å². The molecule has 2 atom stereocenters. The van der Waals surface area contributed by atoms with E-state index >= 15 is 0 Å². The summed E-state index contributed by atoms with van der Waals surface area (Å²) < 4.78 is 0. The first kappa shape index (κ1) is 11.1. The number of likely N-dealkylation sites (N-methyl/N-ethyl adjacent to an activating group) is 1. The minimum Gasteiger partial charge on any atom is -0.347 e. The van der Waals surface area contributed by atoms with Crippen molar-refractivity contribution >= 4 is 5.91 Å². The molecule has 16 heavy (non-hydrogen) atoms. The maximum atomic E-state index is 11.7. The van der Waals surface area contributed by atoms with Crippen LogP contribution in [-0.4, -0.2) is 30.9 Å². The minimum atomic E-state index is -0.125. The highest BCUT2D eigenvalue weighted by Crippen LogP contribution is 2.22. The molecule has 2 unspecified atom stereocenters. The zero-order valence-electron chi connectivity index (χ0n) is 9.60. The standard InChI is InChI=1S/C12H17N3O/c1-15(2)12(16)11-8-10(13-14-11)9-6-4-3-5-7-9/h3-7,10-11,13-14H,8H2,1-2H3. The number of benzene rings is 1. The molecule has 2 N–H and O–H groups in total. The molecule has 1 heterocycles. The smallest absolute Gasteiger partial charge is 0.240 e. The Morgan fingerprint density at radius 1 is 1.25 bits per heavy atom. The summed E-state index contributed by atoms with van der Waals surface area (Å²) in [6.45, 7) is 0. The van der Waals surface area contributed by atoms with E-state index in [2.05, 4.69) is 23.0 Å². The lowest BCUT2D eigenvalue weighted by atomic mass is 10.0. The predicted molar refractivity (Wildman–Crippen MR) is 62.6 cm³/mol. The molecule has 2 rings (SSSR count). The summed E-state index contributed by atoms with van der Waals surface area (Å²) in [6.07, 6.45) is 0.793. The molecule has 4 heteroatoms. The highest BCUT2D eigenvalue weighted by atomic mass is 16.2. The summed E-state index contributed by atoms with van der Waals surface area (Å²) in [7, 11) is 3.56. The van der Waals surface area contributed by atoms with E-state index in [0.717, 1.165) is 6.42 Å². The van der Waals surface area contributed by atoms with Crippen LogP contribution in [0, 0.1) is 0 Å². The molecule has 4 nitrogen and oxygen atoms in total. The fourth-order valence-electron chi connectivity index (χ4n) is 1.93. The Kier molecular flexibility index (Phi) is 3.22. The van der Waals surface area contributed by atoms with Crippen molar-refractivity contribution in [3.05, 3.63) is 35.9 Å². The van der Waals surface area contributed by atoms with E-state index in [9.17, 15) is 4.79 Å². The van der Waals surface area contributed by atoms with E-state index in [-0.39, 0.29) is 18.0 Å². The number of carbonyl (C=O) groups excluding carboxylic acids is 1. The Hall–Kier alpha value is -1.39. The second-order valence-electron chi connectivity index (χ2n) is 4.27. The van der Waals surface area contributed by atoms with Crippen molar-refractivity contribution in [1.29, 1.82) is 0 Å². The van der Waals surface area contributed by atoms with Crippen LogP contribution in [0.15, 0.2) is 30.3 Å². The van der Waals surface area contributed by atoms with E-state index in [1.165, 1.54) is 5.56 Å². The van der Waals surface area contributed by atoms with Crippen LogP contribution in [0.3, 0.4) is 0 Å². The first-order valence-corrected chi connectivity index (χ1v) is 5.45. The highest BCUT2D eigenvalue weighted by Gasteiger charge is 2.30. The first-order chi connectivity index (χ1) is 7.68. The molecule has 1 aromatic carbocycles. The number of nitrogens with zero attached hydrogens (tertiary/aromatic N) is 1. The quantitative estimate of drug-likeness (QED) is 0.769. The maximum Gasteiger partial charge on any atom is 0.240 e. The van der Waals surface area contributed by atoms with Gasteiger partial charge in [-0.3, -0.25) is 4.79 Å². The third-order valence-corrected chi connectivity index (χ3v) is 2.84. The number of carbonyl (C=O) groups is 1. The Balaban J connectivity index is 2.01.